The number of nitro benzene ring substituents is 1. The Kier molecular flexibility index (Phi) is 6.20. The van der Waals surface area contributed by atoms with Gasteiger partial charge in [0, 0.05) is 32.8 Å². The average molecular weight is 559 g/mol. The molecule has 4 rings (SSSR count). The first-order valence-electron chi connectivity index (χ1n) is 9.68. The van der Waals surface area contributed by atoms with Gasteiger partial charge >= 0.3 is 0 Å². The van der Waals surface area contributed by atoms with Crippen LogP contribution in [0, 0.1) is 27.5 Å². The molecule has 162 valence electrons. The highest BCUT2D eigenvalue weighted by molar-refractivity contribution is 14.1. The van der Waals surface area contributed by atoms with Crippen molar-refractivity contribution in [1.82, 2.24) is 9.47 Å². The second-order valence-corrected chi connectivity index (χ2v) is 9.57. The van der Waals surface area contributed by atoms with Gasteiger partial charge in [-0.25, -0.2) is 0 Å². The first kappa shape index (κ1) is 22.3. The van der Waals surface area contributed by atoms with E-state index in [1.807, 2.05) is 44.2 Å². The molecule has 9 heteroatoms. The lowest BCUT2D eigenvalue weighted by Gasteiger charge is -2.12. The standard InChI is InChI=1S/C23H18IN3O4S/c1-14-11-17(15(2)26(14)19-9-5-18(24)6-10-19)12-21-22(28)25(23(29)32-21)13-16-3-7-20(8-4-16)27(30)31/h3-12H,13H2,1-2H3/b21-12-. The van der Waals surface area contributed by atoms with E-state index in [0.717, 1.165) is 42.9 Å². The van der Waals surface area contributed by atoms with E-state index in [0.29, 0.717) is 10.5 Å². The van der Waals surface area contributed by atoms with Crippen molar-refractivity contribution < 1.29 is 14.5 Å². The fourth-order valence-corrected chi connectivity index (χ4v) is 4.79. The van der Waals surface area contributed by atoms with Crippen LogP contribution in [0.25, 0.3) is 11.8 Å². The normalized spacial score (nSPS) is 15.1. The third-order valence-electron chi connectivity index (χ3n) is 5.20. The quantitative estimate of drug-likeness (QED) is 0.170. The minimum Gasteiger partial charge on any atom is -0.318 e. The molecule has 1 aromatic heterocycles. The van der Waals surface area contributed by atoms with E-state index in [-0.39, 0.29) is 23.4 Å². The number of hydrogen-bond acceptors (Lipinski definition) is 5. The van der Waals surface area contributed by atoms with Gasteiger partial charge in [0.2, 0.25) is 0 Å². The molecule has 3 aromatic rings. The molecule has 0 unspecified atom stereocenters. The summed E-state index contributed by atoms with van der Waals surface area (Å²) < 4.78 is 3.26. The number of nitro groups is 1. The topological polar surface area (TPSA) is 85.5 Å². The van der Waals surface area contributed by atoms with E-state index in [1.165, 1.54) is 12.1 Å². The molecular formula is C23H18IN3O4S. The Balaban J connectivity index is 1.58. The van der Waals surface area contributed by atoms with Crippen molar-refractivity contribution in [2.45, 2.75) is 20.4 Å². The van der Waals surface area contributed by atoms with Crippen LogP contribution in [0.1, 0.15) is 22.5 Å². The Morgan fingerprint density at radius 2 is 1.72 bits per heavy atom. The van der Waals surface area contributed by atoms with Crippen LogP contribution in [0.3, 0.4) is 0 Å². The largest absolute Gasteiger partial charge is 0.318 e. The highest BCUT2D eigenvalue weighted by Crippen LogP contribution is 2.35. The zero-order chi connectivity index (χ0) is 23.0. The molecule has 1 aliphatic heterocycles. The lowest BCUT2D eigenvalue weighted by molar-refractivity contribution is -0.384. The summed E-state index contributed by atoms with van der Waals surface area (Å²) in [5.74, 6) is -0.363. The van der Waals surface area contributed by atoms with Crippen LogP contribution in [0.5, 0.6) is 0 Å². The Hall–Kier alpha value is -2.92. The van der Waals surface area contributed by atoms with Crippen molar-refractivity contribution in [2.24, 2.45) is 0 Å². The predicted molar refractivity (Wildman–Crippen MR) is 133 cm³/mol. The maximum Gasteiger partial charge on any atom is 0.293 e. The molecule has 7 nitrogen and oxygen atoms in total. The van der Waals surface area contributed by atoms with Crippen molar-refractivity contribution in [3.05, 3.63) is 95.7 Å². The number of imide groups is 1. The molecule has 0 radical (unpaired) electrons. The predicted octanol–water partition coefficient (Wildman–Crippen LogP) is 5.84. The number of rotatable bonds is 5. The maximum absolute atomic E-state index is 12.9. The van der Waals surface area contributed by atoms with Gasteiger partial charge < -0.3 is 4.57 Å². The zero-order valence-electron chi connectivity index (χ0n) is 17.2. The molecule has 0 aliphatic carbocycles. The summed E-state index contributed by atoms with van der Waals surface area (Å²) >= 11 is 3.17. The van der Waals surface area contributed by atoms with Gasteiger partial charge in [0.1, 0.15) is 0 Å². The Morgan fingerprint density at radius 3 is 2.34 bits per heavy atom. The molecule has 1 aliphatic rings. The van der Waals surface area contributed by atoms with E-state index < -0.39 is 4.92 Å². The molecule has 2 heterocycles. The Labute approximate surface area is 202 Å². The van der Waals surface area contributed by atoms with Crippen LogP contribution in [0.4, 0.5) is 10.5 Å². The molecule has 0 atom stereocenters. The minimum absolute atomic E-state index is 0.0359. The van der Waals surface area contributed by atoms with Gasteiger partial charge in [-0.3, -0.25) is 24.6 Å². The van der Waals surface area contributed by atoms with Gasteiger partial charge in [-0.15, -0.1) is 0 Å². The SMILES string of the molecule is Cc1cc(/C=C2\SC(=O)N(Cc3ccc([N+](=O)[O-])cc3)C2=O)c(C)n1-c1ccc(I)cc1. The first-order valence-corrected chi connectivity index (χ1v) is 11.6. The van der Waals surface area contributed by atoms with E-state index in [9.17, 15) is 19.7 Å². The molecular weight excluding hydrogens is 541 g/mol. The van der Waals surface area contributed by atoms with E-state index in [2.05, 4.69) is 27.2 Å². The molecule has 1 fully saturated rings. The number of non-ortho nitro benzene ring substituents is 1. The number of amides is 2. The maximum atomic E-state index is 12.9. The zero-order valence-corrected chi connectivity index (χ0v) is 20.2. The highest BCUT2D eigenvalue weighted by atomic mass is 127. The lowest BCUT2D eigenvalue weighted by Crippen LogP contribution is -2.27. The average Bonchev–Trinajstić information content (AvgIpc) is 3.18. The number of thioether (sulfide) groups is 1. The van der Waals surface area contributed by atoms with Gasteiger partial charge in [0.05, 0.1) is 16.4 Å². The van der Waals surface area contributed by atoms with Crippen molar-refractivity contribution in [1.29, 1.82) is 0 Å². The number of benzene rings is 2. The van der Waals surface area contributed by atoms with Gasteiger partial charge in [-0.2, -0.15) is 0 Å². The van der Waals surface area contributed by atoms with Crippen LogP contribution < -0.4 is 0 Å². The van der Waals surface area contributed by atoms with Crippen molar-refractivity contribution >= 4 is 57.3 Å². The van der Waals surface area contributed by atoms with E-state index in [4.69, 9.17) is 0 Å². The van der Waals surface area contributed by atoms with Crippen LogP contribution in [-0.4, -0.2) is 25.5 Å². The van der Waals surface area contributed by atoms with E-state index in [1.54, 1.807) is 18.2 Å². The number of carbonyl (C=O) groups excluding carboxylic acids is 2. The van der Waals surface area contributed by atoms with Crippen molar-refractivity contribution in [2.75, 3.05) is 0 Å². The fraction of sp³-hybridized carbons (Fsp3) is 0.130. The summed E-state index contributed by atoms with van der Waals surface area (Å²) in [5, 5.41) is 10.5. The Morgan fingerprint density at radius 1 is 1.06 bits per heavy atom. The minimum atomic E-state index is -0.487. The number of hydrogen-bond donors (Lipinski definition) is 0. The molecule has 0 saturated carbocycles. The monoisotopic (exact) mass is 559 g/mol. The first-order chi connectivity index (χ1) is 15.2. The molecule has 0 bridgehead atoms. The number of halogens is 1. The molecule has 0 spiro atoms. The number of aryl methyl sites for hydroxylation is 1. The lowest BCUT2D eigenvalue weighted by atomic mass is 10.2. The summed E-state index contributed by atoms with van der Waals surface area (Å²) in [6.07, 6.45) is 1.76. The summed E-state index contributed by atoms with van der Waals surface area (Å²) in [6, 6.07) is 16.0. The summed E-state index contributed by atoms with van der Waals surface area (Å²) in [4.78, 5) is 37.2. The van der Waals surface area contributed by atoms with E-state index >= 15 is 0 Å². The molecule has 1 saturated heterocycles. The summed E-state index contributed by atoms with van der Waals surface area (Å²) in [5.41, 5.74) is 4.53. The van der Waals surface area contributed by atoms with Gasteiger partial charge in [-0.05, 0) is 95.7 Å². The second-order valence-electron chi connectivity index (χ2n) is 7.33. The summed E-state index contributed by atoms with van der Waals surface area (Å²) in [7, 11) is 0. The molecule has 2 amide bonds. The second kappa shape index (κ2) is 8.91. The van der Waals surface area contributed by atoms with Crippen LogP contribution in [-0.2, 0) is 11.3 Å². The van der Waals surface area contributed by atoms with Crippen LogP contribution in [0.15, 0.2) is 59.5 Å². The third kappa shape index (κ3) is 4.35. The van der Waals surface area contributed by atoms with Gasteiger partial charge in [0.15, 0.2) is 0 Å². The third-order valence-corrected chi connectivity index (χ3v) is 6.83. The smallest absolute Gasteiger partial charge is 0.293 e. The van der Waals surface area contributed by atoms with Crippen molar-refractivity contribution in [3.8, 4) is 5.69 Å². The number of nitrogens with zero attached hydrogens (tertiary/aromatic N) is 3. The molecule has 32 heavy (non-hydrogen) atoms. The van der Waals surface area contributed by atoms with Gasteiger partial charge in [-0.1, -0.05) is 12.1 Å². The van der Waals surface area contributed by atoms with Gasteiger partial charge in [0.25, 0.3) is 16.8 Å². The Bertz CT molecular complexity index is 1260. The number of carbonyl (C=O) groups is 2. The summed E-state index contributed by atoms with van der Waals surface area (Å²) in [6.45, 7) is 4.06. The van der Waals surface area contributed by atoms with Crippen molar-refractivity contribution in [3.63, 3.8) is 0 Å². The van der Waals surface area contributed by atoms with Crippen LogP contribution in [0.2, 0.25) is 0 Å². The molecule has 2 aromatic carbocycles. The van der Waals surface area contributed by atoms with Crippen LogP contribution >= 0.6 is 34.4 Å². The molecule has 0 N–H and O–H groups in total. The highest BCUT2D eigenvalue weighted by Gasteiger charge is 2.35. The fourth-order valence-electron chi connectivity index (χ4n) is 3.60. The number of aromatic nitrogens is 1.